The SMILES string of the molecule is CCOC(=O)CC[C@@H](C)C1CCC2C3C(CC[C@@]21C)C[C@@H](CCOC)[C@H](CC)[C@H]3O. The van der Waals surface area contributed by atoms with Crippen molar-refractivity contribution >= 4 is 5.97 Å². The Morgan fingerprint density at radius 2 is 2.00 bits per heavy atom. The van der Waals surface area contributed by atoms with Crippen LogP contribution in [0.2, 0.25) is 0 Å². The molecule has 0 spiro atoms. The zero-order valence-corrected chi connectivity index (χ0v) is 20.1. The molecule has 3 rings (SSSR count). The van der Waals surface area contributed by atoms with Crippen molar-refractivity contribution in [1.82, 2.24) is 0 Å². The Labute approximate surface area is 184 Å². The molecule has 3 saturated carbocycles. The van der Waals surface area contributed by atoms with Crippen molar-refractivity contribution in [1.29, 1.82) is 0 Å². The van der Waals surface area contributed by atoms with Crippen LogP contribution >= 0.6 is 0 Å². The van der Waals surface area contributed by atoms with Gasteiger partial charge >= 0.3 is 5.97 Å². The quantitative estimate of drug-likeness (QED) is 0.501. The highest BCUT2D eigenvalue weighted by Crippen LogP contribution is 2.64. The van der Waals surface area contributed by atoms with E-state index in [4.69, 9.17) is 9.47 Å². The van der Waals surface area contributed by atoms with Crippen molar-refractivity contribution in [2.24, 2.45) is 46.8 Å². The topological polar surface area (TPSA) is 55.8 Å². The summed E-state index contributed by atoms with van der Waals surface area (Å²) >= 11 is 0. The third-order valence-corrected chi connectivity index (χ3v) is 9.55. The van der Waals surface area contributed by atoms with Gasteiger partial charge in [0.1, 0.15) is 0 Å². The maximum Gasteiger partial charge on any atom is 0.305 e. The van der Waals surface area contributed by atoms with Gasteiger partial charge in [-0.05, 0) is 98.7 Å². The molecule has 0 saturated heterocycles. The van der Waals surface area contributed by atoms with Crippen LogP contribution in [0.25, 0.3) is 0 Å². The van der Waals surface area contributed by atoms with E-state index in [9.17, 15) is 9.90 Å². The van der Waals surface area contributed by atoms with Gasteiger partial charge in [-0.3, -0.25) is 4.79 Å². The van der Waals surface area contributed by atoms with E-state index in [-0.39, 0.29) is 12.1 Å². The maximum atomic E-state index is 11.9. The van der Waals surface area contributed by atoms with E-state index < -0.39 is 0 Å². The Balaban J connectivity index is 1.70. The van der Waals surface area contributed by atoms with Gasteiger partial charge < -0.3 is 14.6 Å². The second-order valence-corrected chi connectivity index (χ2v) is 10.8. The molecule has 3 aliphatic carbocycles. The van der Waals surface area contributed by atoms with Gasteiger partial charge in [0.05, 0.1) is 12.7 Å². The molecule has 0 heterocycles. The van der Waals surface area contributed by atoms with Crippen LogP contribution in [0.15, 0.2) is 0 Å². The lowest BCUT2D eigenvalue weighted by atomic mass is 9.50. The van der Waals surface area contributed by atoms with E-state index in [1.807, 2.05) is 6.92 Å². The molecule has 0 aromatic carbocycles. The van der Waals surface area contributed by atoms with Gasteiger partial charge in [-0.15, -0.1) is 0 Å². The van der Waals surface area contributed by atoms with Gasteiger partial charge in [-0.1, -0.05) is 27.2 Å². The predicted octanol–water partition coefficient (Wildman–Crippen LogP) is 5.47. The number of hydrogen-bond acceptors (Lipinski definition) is 4. The molecule has 0 aromatic heterocycles. The van der Waals surface area contributed by atoms with Crippen molar-refractivity contribution in [3.63, 3.8) is 0 Å². The molecule has 4 nitrogen and oxygen atoms in total. The average molecular weight is 423 g/mol. The molecule has 0 radical (unpaired) electrons. The molecule has 0 bridgehead atoms. The summed E-state index contributed by atoms with van der Waals surface area (Å²) in [6, 6.07) is 0. The lowest BCUT2D eigenvalue weighted by Crippen LogP contribution is -2.53. The zero-order valence-electron chi connectivity index (χ0n) is 20.1. The second-order valence-electron chi connectivity index (χ2n) is 10.8. The van der Waals surface area contributed by atoms with Crippen LogP contribution in [0, 0.1) is 46.8 Å². The number of fused-ring (bicyclic) bond motifs is 3. The molecule has 1 N–H and O–H groups in total. The van der Waals surface area contributed by atoms with Crippen LogP contribution in [0.3, 0.4) is 0 Å². The highest BCUT2D eigenvalue weighted by molar-refractivity contribution is 5.69. The predicted molar refractivity (Wildman–Crippen MR) is 120 cm³/mol. The number of carbonyl (C=O) groups excluding carboxylic acids is 1. The largest absolute Gasteiger partial charge is 0.466 e. The van der Waals surface area contributed by atoms with Crippen molar-refractivity contribution < 1.29 is 19.4 Å². The molecule has 9 atom stereocenters. The summed E-state index contributed by atoms with van der Waals surface area (Å²) in [5.74, 6) is 3.96. The first-order chi connectivity index (χ1) is 14.4. The van der Waals surface area contributed by atoms with Crippen molar-refractivity contribution in [2.45, 2.75) is 91.6 Å². The Kier molecular flexibility index (Phi) is 8.28. The van der Waals surface area contributed by atoms with Gasteiger partial charge in [-0.2, -0.15) is 0 Å². The second kappa shape index (κ2) is 10.3. The normalized spacial score (nSPS) is 41.7. The Hall–Kier alpha value is -0.610. The van der Waals surface area contributed by atoms with Gasteiger partial charge in [0, 0.05) is 20.1 Å². The van der Waals surface area contributed by atoms with E-state index in [1.54, 1.807) is 7.11 Å². The summed E-state index contributed by atoms with van der Waals surface area (Å²) in [6.07, 6.45) is 9.80. The summed E-state index contributed by atoms with van der Waals surface area (Å²) < 4.78 is 10.5. The number of esters is 1. The Morgan fingerprint density at radius 1 is 1.23 bits per heavy atom. The summed E-state index contributed by atoms with van der Waals surface area (Å²) in [4.78, 5) is 11.9. The number of rotatable bonds is 9. The molecule has 3 aliphatic rings. The zero-order chi connectivity index (χ0) is 21.9. The molecule has 4 unspecified atom stereocenters. The molecule has 0 aliphatic heterocycles. The van der Waals surface area contributed by atoms with E-state index >= 15 is 0 Å². The number of ether oxygens (including phenoxy) is 2. The number of aliphatic hydroxyl groups excluding tert-OH is 1. The fraction of sp³-hybridized carbons (Fsp3) is 0.962. The molecule has 0 amide bonds. The van der Waals surface area contributed by atoms with E-state index in [0.29, 0.717) is 59.9 Å². The number of aliphatic hydroxyl groups is 1. The fourth-order valence-electron chi connectivity index (χ4n) is 8.12. The molecular formula is C26H46O4. The summed E-state index contributed by atoms with van der Waals surface area (Å²) in [5, 5.41) is 11.6. The monoisotopic (exact) mass is 422 g/mol. The summed E-state index contributed by atoms with van der Waals surface area (Å²) in [5.41, 5.74) is 0.313. The third-order valence-electron chi connectivity index (χ3n) is 9.55. The lowest BCUT2D eigenvalue weighted by Gasteiger charge is -2.56. The van der Waals surface area contributed by atoms with Gasteiger partial charge in [0.25, 0.3) is 0 Å². The molecule has 4 heteroatoms. The highest BCUT2D eigenvalue weighted by atomic mass is 16.5. The minimum atomic E-state index is -0.159. The minimum Gasteiger partial charge on any atom is -0.466 e. The fourth-order valence-corrected chi connectivity index (χ4v) is 8.12. The lowest BCUT2D eigenvalue weighted by molar-refractivity contribution is -0.143. The van der Waals surface area contributed by atoms with Crippen LogP contribution in [0.1, 0.15) is 85.5 Å². The number of carbonyl (C=O) groups is 1. The van der Waals surface area contributed by atoms with E-state index in [2.05, 4.69) is 20.8 Å². The smallest absolute Gasteiger partial charge is 0.305 e. The average Bonchev–Trinajstić information content (AvgIpc) is 3.07. The van der Waals surface area contributed by atoms with Crippen LogP contribution in [0.4, 0.5) is 0 Å². The summed E-state index contributed by atoms with van der Waals surface area (Å²) in [6.45, 7) is 10.3. The first-order valence-electron chi connectivity index (χ1n) is 12.7. The molecule has 0 aromatic rings. The Morgan fingerprint density at radius 3 is 2.67 bits per heavy atom. The number of methoxy groups -OCH3 is 1. The first kappa shape index (κ1) is 24.0. The van der Waals surface area contributed by atoms with E-state index in [0.717, 1.165) is 25.9 Å². The first-order valence-corrected chi connectivity index (χ1v) is 12.7. The van der Waals surface area contributed by atoms with Crippen LogP contribution in [-0.2, 0) is 14.3 Å². The van der Waals surface area contributed by atoms with Crippen LogP contribution in [-0.4, -0.2) is 37.5 Å². The van der Waals surface area contributed by atoms with Crippen LogP contribution in [0.5, 0.6) is 0 Å². The van der Waals surface area contributed by atoms with Gasteiger partial charge in [-0.25, -0.2) is 0 Å². The standard InChI is InChI=1S/C26H46O4/c1-6-20-18(13-15-29-5)16-19-12-14-26(4)21(9-10-22(26)24(19)25(20)28)17(3)8-11-23(27)30-7-2/h17-22,24-25,28H,6-16H2,1-5H3/t17-,18-,19?,20+,21?,22?,24?,25-,26-/m1/s1. The molecule has 174 valence electrons. The highest BCUT2D eigenvalue weighted by Gasteiger charge is 2.58. The van der Waals surface area contributed by atoms with Crippen molar-refractivity contribution in [2.75, 3.05) is 20.3 Å². The molecule has 3 fully saturated rings. The summed E-state index contributed by atoms with van der Waals surface area (Å²) in [7, 11) is 1.79. The number of hydrogen-bond donors (Lipinski definition) is 1. The molecular weight excluding hydrogens is 376 g/mol. The third kappa shape index (κ3) is 4.60. The van der Waals surface area contributed by atoms with Crippen molar-refractivity contribution in [3.05, 3.63) is 0 Å². The Bertz CT molecular complexity index is 563. The maximum absolute atomic E-state index is 11.9. The van der Waals surface area contributed by atoms with Crippen LogP contribution < -0.4 is 0 Å². The van der Waals surface area contributed by atoms with E-state index in [1.165, 1.54) is 32.1 Å². The minimum absolute atomic E-state index is 0.0525. The van der Waals surface area contributed by atoms with Crippen molar-refractivity contribution in [3.8, 4) is 0 Å². The molecule has 30 heavy (non-hydrogen) atoms. The van der Waals surface area contributed by atoms with Gasteiger partial charge in [0.15, 0.2) is 0 Å². The van der Waals surface area contributed by atoms with Gasteiger partial charge in [0.2, 0.25) is 0 Å².